The first-order chi connectivity index (χ1) is 9.22. The molecule has 0 saturated carbocycles. The SMILES string of the molecule is CCc1cc(OCCc2nc(CCl)cs2)ccc1Cl. The largest absolute Gasteiger partial charge is 0.493 e. The molecule has 0 radical (unpaired) electrons. The second kappa shape index (κ2) is 7.13. The van der Waals surface area contributed by atoms with Gasteiger partial charge in [0.2, 0.25) is 0 Å². The number of aryl methyl sites for hydroxylation is 1. The molecule has 0 unspecified atom stereocenters. The van der Waals surface area contributed by atoms with Gasteiger partial charge in [0, 0.05) is 16.8 Å². The molecule has 0 amide bonds. The summed E-state index contributed by atoms with van der Waals surface area (Å²) in [4.78, 5) is 4.39. The van der Waals surface area contributed by atoms with Gasteiger partial charge in [0.05, 0.1) is 23.2 Å². The van der Waals surface area contributed by atoms with Crippen LogP contribution >= 0.6 is 34.5 Å². The molecule has 1 aromatic heterocycles. The van der Waals surface area contributed by atoms with Crippen molar-refractivity contribution in [2.45, 2.75) is 25.6 Å². The van der Waals surface area contributed by atoms with Crippen molar-refractivity contribution in [3.8, 4) is 5.75 Å². The van der Waals surface area contributed by atoms with Crippen LogP contribution in [0.15, 0.2) is 23.6 Å². The van der Waals surface area contributed by atoms with Gasteiger partial charge in [-0.25, -0.2) is 4.98 Å². The lowest BCUT2D eigenvalue weighted by molar-refractivity contribution is 0.321. The van der Waals surface area contributed by atoms with Crippen molar-refractivity contribution in [1.82, 2.24) is 4.98 Å². The van der Waals surface area contributed by atoms with Crippen LogP contribution in [0, 0.1) is 0 Å². The van der Waals surface area contributed by atoms with E-state index in [9.17, 15) is 0 Å². The molecular weight excluding hydrogens is 301 g/mol. The lowest BCUT2D eigenvalue weighted by Crippen LogP contribution is -2.01. The quantitative estimate of drug-likeness (QED) is 0.720. The molecule has 0 fully saturated rings. The topological polar surface area (TPSA) is 22.1 Å². The molecule has 0 aliphatic heterocycles. The van der Waals surface area contributed by atoms with Gasteiger partial charge in [-0.15, -0.1) is 22.9 Å². The van der Waals surface area contributed by atoms with E-state index in [0.717, 1.165) is 39.9 Å². The first-order valence-corrected chi connectivity index (χ1v) is 7.92. The highest BCUT2D eigenvalue weighted by molar-refractivity contribution is 7.09. The van der Waals surface area contributed by atoms with E-state index in [1.807, 2.05) is 23.6 Å². The van der Waals surface area contributed by atoms with E-state index in [1.54, 1.807) is 11.3 Å². The Morgan fingerprint density at radius 3 is 2.89 bits per heavy atom. The maximum absolute atomic E-state index is 6.07. The first-order valence-electron chi connectivity index (χ1n) is 6.13. The van der Waals surface area contributed by atoms with Crippen LogP contribution in [-0.4, -0.2) is 11.6 Å². The zero-order valence-corrected chi connectivity index (χ0v) is 13.0. The third-order valence-electron chi connectivity index (χ3n) is 2.72. The van der Waals surface area contributed by atoms with Crippen LogP contribution in [0.3, 0.4) is 0 Å². The van der Waals surface area contributed by atoms with Gasteiger partial charge in [-0.05, 0) is 30.2 Å². The molecule has 1 aromatic carbocycles. The molecule has 0 aliphatic rings. The standard InChI is InChI=1S/C14H15Cl2NOS/c1-2-10-7-12(3-4-13(10)16)18-6-5-14-17-11(8-15)9-19-14/h3-4,7,9H,2,5-6,8H2,1H3. The minimum absolute atomic E-state index is 0.467. The predicted molar refractivity (Wildman–Crippen MR) is 81.7 cm³/mol. The normalized spacial score (nSPS) is 10.7. The minimum atomic E-state index is 0.467. The van der Waals surface area contributed by atoms with Crippen LogP contribution in [0.1, 0.15) is 23.2 Å². The Hall–Kier alpha value is -0.770. The molecule has 0 atom stereocenters. The Morgan fingerprint density at radius 2 is 2.21 bits per heavy atom. The molecule has 2 nitrogen and oxygen atoms in total. The maximum Gasteiger partial charge on any atom is 0.119 e. The van der Waals surface area contributed by atoms with Crippen molar-refractivity contribution in [1.29, 1.82) is 0 Å². The average Bonchev–Trinajstić information content (AvgIpc) is 2.88. The number of hydrogen-bond donors (Lipinski definition) is 0. The summed E-state index contributed by atoms with van der Waals surface area (Å²) >= 11 is 13.4. The molecule has 0 saturated heterocycles. The summed E-state index contributed by atoms with van der Waals surface area (Å²) in [5.74, 6) is 1.32. The Balaban J connectivity index is 1.88. The summed E-state index contributed by atoms with van der Waals surface area (Å²) in [5, 5.41) is 3.83. The van der Waals surface area contributed by atoms with Gasteiger partial charge < -0.3 is 4.74 Å². The van der Waals surface area contributed by atoms with Gasteiger partial charge >= 0.3 is 0 Å². The van der Waals surface area contributed by atoms with Crippen LogP contribution in [0.2, 0.25) is 5.02 Å². The molecule has 0 N–H and O–H groups in total. The minimum Gasteiger partial charge on any atom is -0.493 e. The fourth-order valence-corrected chi connectivity index (χ4v) is 2.95. The van der Waals surface area contributed by atoms with Gasteiger partial charge in [0.1, 0.15) is 5.75 Å². The molecule has 2 aromatic rings. The molecule has 2 rings (SSSR count). The van der Waals surface area contributed by atoms with E-state index < -0.39 is 0 Å². The number of thiazole rings is 1. The summed E-state index contributed by atoms with van der Waals surface area (Å²) in [6.07, 6.45) is 1.70. The monoisotopic (exact) mass is 315 g/mol. The molecule has 19 heavy (non-hydrogen) atoms. The molecule has 102 valence electrons. The Morgan fingerprint density at radius 1 is 1.37 bits per heavy atom. The average molecular weight is 316 g/mol. The van der Waals surface area contributed by atoms with Gasteiger partial charge in [0.15, 0.2) is 0 Å². The number of benzene rings is 1. The predicted octanol–water partition coefficient (Wildman–Crippen LogP) is 4.72. The van der Waals surface area contributed by atoms with Crippen LogP contribution in [-0.2, 0) is 18.7 Å². The molecule has 5 heteroatoms. The van der Waals surface area contributed by atoms with Crippen molar-refractivity contribution >= 4 is 34.5 Å². The Kier molecular flexibility index (Phi) is 5.49. The zero-order chi connectivity index (χ0) is 13.7. The van der Waals surface area contributed by atoms with Crippen LogP contribution < -0.4 is 4.74 Å². The highest BCUT2D eigenvalue weighted by Crippen LogP contribution is 2.22. The smallest absolute Gasteiger partial charge is 0.119 e. The van der Waals surface area contributed by atoms with Crippen molar-refractivity contribution < 1.29 is 4.74 Å². The van der Waals surface area contributed by atoms with Gasteiger partial charge in [-0.3, -0.25) is 0 Å². The highest BCUT2D eigenvalue weighted by Gasteiger charge is 2.03. The number of aromatic nitrogens is 1. The van der Waals surface area contributed by atoms with E-state index in [2.05, 4.69) is 11.9 Å². The summed E-state index contributed by atoms with van der Waals surface area (Å²) in [6.45, 7) is 2.69. The summed E-state index contributed by atoms with van der Waals surface area (Å²) in [5.41, 5.74) is 2.04. The summed E-state index contributed by atoms with van der Waals surface area (Å²) in [6, 6.07) is 5.77. The summed E-state index contributed by atoms with van der Waals surface area (Å²) < 4.78 is 5.73. The van der Waals surface area contributed by atoms with Gasteiger partial charge in [0.25, 0.3) is 0 Å². The lowest BCUT2D eigenvalue weighted by atomic mass is 10.1. The first kappa shape index (κ1) is 14.6. The second-order valence-corrected chi connectivity index (χ2v) is 5.69. The van der Waals surface area contributed by atoms with Crippen molar-refractivity contribution in [2.75, 3.05) is 6.61 Å². The van der Waals surface area contributed by atoms with E-state index >= 15 is 0 Å². The fraction of sp³-hybridized carbons (Fsp3) is 0.357. The Labute approximate surface area is 127 Å². The van der Waals surface area contributed by atoms with E-state index in [1.165, 1.54) is 0 Å². The summed E-state index contributed by atoms with van der Waals surface area (Å²) in [7, 11) is 0. The third-order valence-corrected chi connectivity index (χ3v) is 4.32. The van der Waals surface area contributed by atoms with Crippen LogP contribution in [0.5, 0.6) is 5.75 Å². The number of halogens is 2. The maximum atomic E-state index is 6.07. The molecule has 0 spiro atoms. The zero-order valence-electron chi connectivity index (χ0n) is 10.7. The molecular formula is C14H15Cl2NOS. The number of ether oxygens (including phenoxy) is 1. The van der Waals surface area contributed by atoms with E-state index in [4.69, 9.17) is 27.9 Å². The lowest BCUT2D eigenvalue weighted by Gasteiger charge is -2.07. The van der Waals surface area contributed by atoms with Crippen molar-refractivity contribution in [3.05, 3.63) is 44.9 Å². The van der Waals surface area contributed by atoms with E-state index in [0.29, 0.717) is 12.5 Å². The number of rotatable bonds is 6. The van der Waals surface area contributed by atoms with E-state index in [-0.39, 0.29) is 0 Å². The van der Waals surface area contributed by atoms with Gasteiger partial charge in [-0.2, -0.15) is 0 Å². The molecule has 1 heterocycles. The molecule has 0 bridgehead atoms. The molecule has 0 aliphatic carbocycles. The van der Waals surface area contributed by atoms with Crippen molar-refractivity contribution in [2.24, 2.45) is 0 Å². The number of hydrogen-bond acceptors (Lipinski definition) is 3. The van der Waals surface area contributed by atoms with Crippen LogP contribution in [0.4, 0.5) is 0 Å². The highest BCUT2D eigenvalue weighted by atomic mass is 35.5. The van der Waals surface area contributed by atoms with Crippen molar-refractivity contribution in [3.63, 3.8) is 0 Å². The Bertz CT molecular complexity index is 542. The fourth-order valence-electron chi connectivity index (χ4n) is 1.69. The van der Waals surface area contributed by atoms with Gasteiger partial charge in [-0.1, -0.05) is 18.5 Å². The third kappa shape index (κ3) is 4.10. The second-order valence-electron chi connectivity index (χ2n) is 4.07. The number of alkyl halides is 1. The number of nitrogens with zero attached hydrogens (tertiary/aromatic N) is 1. The van der Waals surface area contributed by atoms with Crippen LogP contribution in [0.25, 0.3) is 0 Å².